The van der Waals surface area contributed by atoms with Crippen molar-refractivity contribution >= 4 is 11.2 Å². The number of quaternary nitrogens is 1. The van der Waals surface area contributed by atoms with Gasteiger partial charge in [0.15, 0.2) is 17.0 Å². The molecule has 8 heteroatoms. The van der Waals surface area contributed by atoms with Crippen LogP contribution in [0.2, 0.25) is 0 Å². The molecule has 3 heterocycles. The van der Waals surface area contributed by atoms with Gasteiger partial charge in [-0.05, 0) is 20.8 Å². The lowest BCUT2D eigenvalue weighted by molar-refractivity contribution is -0.929. The summed E-state index contributed by atoms with van der Waals surface area (Å²) in [6.45, 7) is 9.35. The lowest BCUT2D eigenvalue weighted by atomic mass is 10.2. The second-order valence-corrected chi connectivity index (χ2v) is 6.74. The molecule has 0 aliphatic carbocycles. The Kier molecular flexibility index (Phi) is 4.35. The number of rotatable bonds is 3. The van der Waals surface area contributed by atoms with Crippen LogP contribution in [0.15, 0.2) is 9.59 Å². The maximum Gasteiger partial charge on any atom is 0.332 e. The molecule has 0 spiro atoms. The molecule has 0 unspecified atom stereocenters. The van der Waals surface area contributed by atoms with Gasteiger partial charge < -0.3 is 14.2 Å². The Labute approximate surface area is 140 Å². The van der Waals surface area contributed by atoms with Gasteiger partial charge in [0.1, 0.15) is 31.8 Å². The third kappa shape index (κ3) is 2.69. The quantitative estimate of drug-likeness (QED) is 0.752. The molecule has 1 N–H and O–H groups in total. The fourth-order valence-electron chi connectivity index (χ4n) is 3.72. The molecule has 2 aromatic heterocycles. The first-order valence-electron chi connectivity index (χ1n) is 8.47. The molecule has 3 rings (SSSR count). The molecule has 0 bridgehead atoms. The highest BCUT2D eigenvalue weighted by Gasteiger charge is 2.28. The Hall–Kier alpha value is -1.93. The van der Waals surface area contributed by atoms with E-state index in [0.29, 0.717) is 17.7 Å². The molecule has 2 atom stereocenters. The van der Waals surface area contributed by atoms with Crippen molar-refractivity contribution in [3.63, 3.8) is 0 Å². The molecule has 2 aromatic rings. The van der Waals surface area contributed by atoms with Crippen LogP contribution in [0.1, 0.15) is 26.6 Å². The molecule has 1 fully saturated rings. The van der Waals surface area contributed by atoms with Gasteiger partial charge in [0.25, 0.3) is 5.56 Å². The SMILES string of the molecule is CCn1c(C[NH+]2C[C@H](C)O[C@@H](C)C2)nc2c1c(=O)n(C)c(=O)n2C. The van der Waals surface area contributed by atoms with E-state index in [1.54, 1.807) is 7.05 Å². The summed E-state index contributed by atoms with van der Waals surface area (Å²) in [6, 6.07) is 0. The van der Waals surface area contributed by atoms with Crippen molar-refractivity contribution < 1.29 is 9.64 Å². The number of aromatic nitrogens is 4. The van der Waals surface area contributed by atoms with Crippen molar-refractivity contribution in [3.8, 4) is 0 Å². The number of aryl methyl sites for hydroxylation is 2. The molecular weight excluding hydrogens is 310 g/mol. The first-order valence-corrected chi connectivity index (χ1v) is 8.47. The Balaban J connectivity index is 2.09. The maximum atomic E-state index is 12.6. The summed E-state index contributed by atoms with van der Waals surface area (Å²) in [5.41, 5.74) is 0.341. The third-order valence-corrected chi connectivity index (χ3v) is 4.77. The molecule has 0 radical (unpaired) electrons. The zero-order valence-electron chi connectivity index (χ0n) is 15.0. The summed E-state index contributed by atoms with van der Waals surface area (Å²) in [5.74, 6) is 0.849. The van der Waals surface area contributed by atoms with Gasteiger partial charge in [-0.15, -0.1) is 0 Å². The lowest BCUT2D eigenvalue weighted by Gasteiger charge is -2.32. The van der Waals surface area contributed by atoms with Crippen LogP contribution in [-0.2, 0) is 31.9 Å². The van der Waals surface area contributed by atoms with Gasteiger partial charge in [-0.3, -0.25) is 13.9 Å². The molecule has 0 amide bonds. The second kappa shape index (κ2) is 6.18. The number of morpholine rings is 1. The standard InChI is InChI=1S/C16H25N5O3/c1-6-21-12(9-20-7-10(2)24-11(3)8-20)17-14-13(21)15(22)19(5)16(23)18(14)4/h10-11H,6-9H2,1-5H3/p+1/t10-,11-/m0/s1. The summed E-state index contributed by atoms with van der Waals surface area (Å²) in [4.78, 5) is 30.7. The van der Waals surface area contributed by atoms with Crippen molar-refractivity contribution in [2.75, 3.05) is 13.1 Å². The van der Waals surface area contributed by atoms with Gasteiger partial charge in [0.2, 0.25) is 0 Å². The van der Waals surface area contributed by atoms with Gasteiger partial charge in [0.05, 0.1) is 0 Å². The van der Waals surface area contributed by atoms with Crippen LogP contribution >= 0.6 is 0 Å². The van der Waals surface area contributed by atoms with Crippen molar-refractivity contribution in [1.29, 1.82) is 0 Å². The zero-order valence-corrected chi connectivity index (χ0v) is 15.0. The first-order chi connectivity index (χ1) is 11.3. The van der Waals surface area contributed by atoms with E-state index in [1.165, 1.54) is 16.5 Å². The summed E-state index contributed by atoms with van der Waals surface area (Å²) < 4.78 is 10.3. The van der Waals surface area contributed by atoms with E-state index in [1.807, 2.05) is 11.5 Å². The van der Waals surface area contributed by atoms with Crippen LogP contribution < -0.4 is 16.1 Å². The van der Waals surface area contributed by atoms with E-state index in [2.05, 4.69) is 18.8 Å². The summed E-state index contributed by atoms with van der Waals surface area (Å²) in [5, 5.41) is 0. The Morgan fingerprint density at radius 1 is 1.17 bits per heavy atom. The molecule has 1 saturated heterocycles. The second-order valence-electron chi connectivity index (χ2n) is 6.74. The highest BCUT2D eigenvalue weighted by molar-refractivity contribution is 5.71. The van der Waals surface area contributed by atoms with Crippen LogP contribution in [0.25, 0.3) is 11.2 Å². The normalized spacial score (nSPS) is 24.6. The summed E-state index contributed by atoms with van der Waals surface area (Å²) in [6.07, 6.45) is 0.417. The van der Waals surface area contributed by atoms with E-state index < -0.39 is 0 Å². The monoisotopic (exact) mass is 336 g/mol. The molecule has 0 saturated carbocycles. The van der Waals surface area contributed by atoms with Crippen molar-refractivity contribution in [3.05, 3.63) is 26.7 Å². The third-order valence-electron chi connectivity index (χ3n) is 4.77. The number of fused-ring (bicyclic) bond motifs is 1. The Morgan fingerprint density at radius 3 is 2.38 bits per heavy atom. The Morgan fingerprint density at radius 2 is 1.79 bits per heavy atom. The average molecular weight is 336 g/mol. The smallest absolute Gasteiger partial charge is 0.332 e. The minimum atomic E-state index is -0.347. The summed E-state index contributed by atoms with van der Waals surface area (Å²) >= 11 is 0. The number of hydrogen-bond donors (Lipinski definition) is 1. The summed E-state index contributed by atoms with van der Waals surface area (Å²) in [7, 11) is 3.17. The van der Waals surface area contributed by atoms with E-state index >= 15 is 0 Å². The lowest BCUT2D eigenvalue weighted by Crippen LogP contribution is -3.14. The largest absolute Gasteiger partial charge is 0.364 e. The molecular formula is C16H26N5O3+. The van der Waals surface area contributed by atoms with Crippen LogP contribution in [0.4, 0.5) is 0 Å². The number of nitrogens with zero attached hydrogens (tertiary/aromatic N) is 4. The van der Waals surface area contributed by atoms with Gasteiger partial charge in [-0.25, -0.2) is 9.78 Å². The van der Waals surface area contributed by atoms with Gasteiger partial charge in [-0.2, -0.15) is 0 Å². The predicted octanol–water partition coefficient (Wildman–Crippen LogP) is -1.35. The van der Waals surface area contributed by atoms with Crippen LogP contribution in [0, 0.1) is 0 Å². The van der Waals surface area contributed by atoms with Crippen LogP contribution in [0.3, 0.4) is 0 Å². The number of imidazole rings is 1. The van der Waals surface area contributed by atoms with Gasteiger partial charge >= 0.3 is 5.69 Å². The molecule has 0 aromatic carbocycles. The predicted molar refractivity (Wildman–Crippen MR) is 90.3 cm³/mol. The molecule has 132 valence electrons. The fraction of sp³-hybridized carbons (Fsp3) is 0.688. The fourth-order valence-corrected chi connectivity index (χ4v) is 3.72. The van der Waals surface area contributed by atoms with Crippen LogP contribution in [0.5, 0.6) is 0 Å². The number of hydrogen-bond acceptors (Lipinski definition) is 4. The number of ether oxygens (including phenoxy) is 1. The Bertz CT molecular complexity index is 868. The average Bonchev–Trinajstić information content (AvgIpc) is 2.88. The van der Waals surface area contributed by atoms with E-state index in [0.717, 1.165) is 30.0 Å². The topological polar surface area (TPSA) is 75.5 Å². The maximum absolute atomic E-state index is 12.6. The minimum Gasteiger partial charge on any atom is -0.364 e. The first kappa shape index (κ1) is 16.9. The van der Waals surface area contributed by atoms with E-state index in [9.17, 15) is 9.59 Å². The minimum absolute atomic E-state index is 0.209. The van der Waals surface area contributed by atoms with Crippen molar-refractivity contribution in [1.82, 2.24) is 18.7 Å². The molecule has 24 heavy (non-hydrogen) atoms. The number of nitrogens with one attached hydrogen (secondary N) is 1. The molecule has 1 aliphatic rings. The zero-order chi connectivity index (χ0) is 17.6. The van der Waals surface area contributed by atoms with Gasteiger partial charge in [0, 0.05) is 20.6 Å². The molecule has 8 nitrogen and oxygen atoms in total. The highest BCUT2D eigenvalue weighted by atomic mass is 16.5. The van der Waals surface area contributed by atoms with E-state index in [4.69, 9.17) is 4.74 Å². The van der Waals surface area contributed by atoms with Gasteiger partial charge in [-0.1, -0.05) is 0 Å². The van der Waals surface area contributed by atoms with Crippen molar-refractivity contribution in [2.45, 2.75) is 46.1 Å². The van der Waals surface area contributed by atoms with E-state index in [-0.39, 0.29) is 23.5 Å². The van der Waals surface area contributed by atoms with Crippen molar-refractivity contribution in [2.24, 2.45) is 14.1 Å². The van der Waals surface area contributed by atoms with Crippen LogP contribution in [-0.4, -0.2) is 44.0 Å². The molecule has 1 aliphatic heterocycles. The highest BCUT2D eigenvalue weighted by Crippen LogP contribution is 2.10.